The van der Waals surface area contributed by atoms with Crippen molar-refractivity contribution in [2.75, 3.05) is 16.8 Å². The van der Waals surface area contributed by atoms with Crippen LogP contribution >= 0.6 is 11.6 Å². The Labute approximate surface area is 146 Å². The summed E-state index contributed by atoms with van der Waals surface area (Å²) in [5, 5.41) is 3.21. The maximum absolute atomic E-state index is 13.0. The molecule has 0 aliphatic carbocycles. The topological polar surface area (TPSA) is 49.4 Å². The summed E-state index contributed by atoms with van der Waals surface area (Å²) in [6.07, 6.45) is 0.810. The monoisotopic (exact) mass is 342 g/mol. The lowest BCUT2D eigenvalue weighted by Crippen LogP contribution is -2.47. The summed E-state index contributed by atoms with van der Waals surface area (Å²) in [5.41, 5.74) is 1.33. The third kappa shape index (κ3) is 2.89. The van der Waals surface area contributed by atoms with Gasteiger partial charge in [-0.15, -0.1) is 0 Å². The first-order chi connectivity index (χ1) is 11.4. The van der Waals surface area contributed by atoms with Gasteiger partial charge in [-0.3, -0.25) is 9.59 Å². The van der Waals surface area contributed by atoms with Gasteiger partial charge in [-0.2, -0.15) is 0 Å². The summed E-state index contributed by atoms with van der Waals surface area (Å²) in [4.78, 5) is 27.4. The van der Waals surface area contributed by atoms with Gasteiger partial charge >= 0.3 is 0 Å². The fourth-order valence-corrected chi connectivity index (χ4v) is 3.01. The molecule has 0 spiro atoms. The summed E-state index contributed by atoms with van der Waals surface area (Å²) in [6, 6.07) is 14.8. The SMILES string of the molecule is CC(C)(C(=O)Nc1ccccc1Cl)C(=O)N1CCc2ccccc21. The number of hydrogen-bond acceptors (Lipinski definition) is 2. The molecule has 0 unspecified atom stereocenters. The number of para-hydroxylation sites is 2. The minimum Gasteiger partial charge on any atom is -0.324 e. The maximum Gasteiger partial charge on any atom is 0.242 e. The molecule has 124 valence electrons. The third-order valence-corrected chi connectivity index (χ3v) is 4.69. The van der Waals surface area contributed by atoms with E-state index in [1.807, 2.05) is 24.3 Å². The van der Waals surface area contributed by atoms with Crippen molar-refractivity contribution >= 4 is 34.8 Å². The third-order valence-electron chi connectivity index (χ3n) is 4.36. The molecule has 24 heavy (non-hydrogen) atoms. The van der Waals surface area contributed by atoms with E-state index < -0.39 is 5.41 Å². The Bertz CT molecular complexity index is 801. The quantitative estimate of drug-likeness (QED) is 0.860. The van der Waals surface area contributed by atoms with E-state index in [0.29, 0.717) is 17.3 Å². The van der Waals surface area contributed by atoms with E-state index >= 15 is 0 Å². The fourth-order valence-electron chi connectivity index (χ4n) is 2.82. The molecule has 0 radical (unpaired) electrons. The number of halogens is 1. The Hall–Kier alpha value is -2.33. The highest BCUT2D eigenvalue weighted by Gasteiger charge is 2.41. The zero-order chi connectivity index (χ0) is 17.3. The summed E-state index contributed by atoms with van der Waals surface area (Å²) in [6.45, 7) is 3.88. The van der Waals surface area contributed by atoms with E-state index in [0.717, 1.165) is 17.7 Å². The van der Waals surface area contributed by atoms with Crippen molar-refractivity contribution in [2.24, 2.45) is 5.41 Å². The first-order valence-corrected chi connectivity index (χ1v) is 8.25. The second-order valence-electron chi connectivity index (χ2n) is 6.39. The molecule has 2 aromatic carbocycles. The lowest BCUT2D eigenvalue weighted by Gasteiger charge is -2.28. The van der Waals surface area contributed by atoms with Crippen molar-refractivity contribution in [3.63, 3.8) is 0 Å². The second-order valence-corrected chi connectivity index (χ2v) is 6.80. The van der Waals surface area contributed by atoms with Crippen LogP contribution < -0.4 is 10.2 Å². The molecule has 0 fully saturated rings. The van der Waals surface area contributed by atoms with E-state index in [1.165, 1.54) is 0 Å². The van der Waals surface area contributed by atoms with Gasteiger partial charge in [-0.25, -0.2) is 0 Å². The summed E-state index contributed by atoms with van der Waals surface area (Å²) in [5.74, 6) is -0.581. The largest absolute Gasteiger partial charge is 0.324 e. The molecule has 1 heterocycles. The van der Waals surface area contributed by atoms with Crippen LogP contribution in [0.4, 0.5) is 11.4 Å². The Kier molecular flexibility index (Phi) is 4.33. The molecule has 1 aliphatic heterocycles. The van der Waals surface area contributed by atoms with Crippen LogP contribution in [-0.4, -0.2) is 18.4 Å². The Morgan fingerprint density at radius 3 is 2.50 bits per heavy atom. The Balaban J connectivity index is 1.81. The standard InChI is InChI=1S/C19H19ClN2O2/c1-19(2,17(23)21-15-9-5-4-8-14(15)20)18(24)22-12-11-13-7-3-6-10-16(13)22/h3-10H,11-12H2,1-2H3,(H,21,23). The number of carbonyl (C=O) groups excluding carboxylic acids is 2. The molecule has 1 aliphatic rings. The molecule has 5 heteroatoms. The molecule has 0 saturated heterocycles. The molecule has 0 atom stereocenters. The van der Waals surface area contributed by atoms with Gasteiger partial charge in [0.05, 0.1) is 10.7 Å². The molecular weight excluding hydrogens is 324 g/mol. The smallest absolute Gasteiger partial charge is 0.242 e. The van der Waals surface area contributed by atoms with Gasteiger partial charge in [-0.05, 0) is 44.0 Å². The number of anilines is 2. The van der Waals surface area contributed by atoms with E-state index in [9.17, 15) is 9.59 Å². The van der Waals surface area contributed by atoms with Crippen LogP contribution in [0.3, 0.4) is 0 Å². The number of hydrogen-bond donors (Lipinski definition) is 1. The van der Waals surface area contributed by atoms with Crippen LogP contribution in [0.2, 0.25) is 5.02 Å². The van der Waals surface area contributed by atoms with Gasteiger partial charge in [-0.1, -0.05) is 41.9 Å². The number of carbonyl (C=O) groups is 2. The maximum atomic E-state index is 13.0. The normalized spacial score (nSPS) is 13.5. The van der Waals surface area contributed by atoms with Crippen molar-refractivity contribution in [3.8, 4) is 0 Å². The molecule has 0 bridgehead atoms. The minimum atomic E-state index is -1.20. The highest BCUT2D eigenvalue weighted by atomic mass is 35.5. The molecule has 4 nitrogen and oxygen atoms in total. The van der Waals surface area contributed by atoms with E-state index in [-0.39, 0.29) is 11.8 Å². The van der Waals surface area contributed by atoms with Crippen LogP contribution in [0, 0.1) is 5.41 Å². The number of benzene rings is 2. The zero-order valence-corrected chi connectivity index (χ0v) is 14.4. The van der Waals surface area contributed by atoms with Crippen molar-refractivity contribution in [1.29, 1.82) is 0 Å². The molecular formula is C19H19ClN2O2. The number of fused-ring (bicyclic) bond motifs is 1. The zero-order valence-electron chi connectivity index (χ0n) is 13.7. The van der Waals surface area contributed by atoms with Crippen molar-refractivity contribution in [3.05, 3.63) is 59.1 Å². The first kappa shape index (κ1) is 16.5. The fraction of sp³-hybridized carbons (Fsp3) is 0.263. The average molecular weight is 343 g/mol. The van der Waals surface area contributed by atoms with Crippen LogP contribution in [0.25, 0.3) is 0 Å². The Morgan fingerprint density at radius 1 is 1.08 bits per heavy atom. The predicted octanol–water partition coefficient (Wildman–Crippen LogP) is 3.89. The van der Waals surface area contributed by atoms with Gasteiger partial charge in [0.2, 0.25) is 11.8 Å². The molecule has 2 amide bonds. The van der Waals surface area contributed by atoms with Crippen LogP contribution in [0.1, 0.15) is 19.4 Å². The van der Waals surface area contributed by atoms with Crippen molar-refractivity contribution in [2.45, 2.75) is 20.3 Å². The number of rotatable bonds is 3. The number of amides is 2. The highest BCUT2D eigenvalue weighted by molar-refractivity contribution is 6.34. The lowest BCUT2D eigenvalue weighted by atomic mass is 9.90. The molecule has 0 aromatic heterocycles. The Morgan fingerprint density at radius 2 is 1.75 bits per heavy atom. The van der Waals surface area contributed by atoms with Gasteiger partial charge in [0.1, 0.15) is 5.41 Å². The first-order valence-electron chi connectivity index (χ1n) is 7.87. The summed E-state index contributed by atoms with van der Waals surface area (Å²) >= 11 is 6.08. The lowest BCUT2D eigenvalue weighted by molar-refractivity contribution is -0.136. The molecule has 2 aromatic rings. The van der Waals surface area contributed by atoms with Gasteiger partial charge in [0.15, 0.2) is 0 Å². The van der Waals surface area contributed by atoms with Crippen LogP contribution in [0.5, 0.6) is 0 Å². The molecule has 3 rings (SSSR count). The van der Waals surface area contributed by atoms with Crippen molar-refractivity contribution in [1.82, 2.24) is 0 Å². The van der Waals surface area contributed by atoms with Crippen LogP contribution in [-0.2, 0) is 16.0 Å². The van der Waals surface area contributed by atoms with Gasteiger partial charge in [0.25, 0.3) is 0 Å². The van der Waals surface area contributed by atoms with E-state index in [4.69, 9.17) is 11.6 Å². The number of nitrogens with one attached hydrogen (secondary N) is 1. The van der Waals surface area contributed by atoms with Gasteiger partial charge < -0.3 is 10.2 Å². The summed E-state index contributed by atoms with van der Waals surface area (Å²) < 4.78 is 0. The summed E-state index contributed by atoms with van der Waals surface area (Å²) in [7, 11) is 0. The van der Waals surface area contributed by atoms with Gasteiger partial charge in [0, 0.05) is 12.2 Å². The minimum absolute atomic E-state index is 0.211. The van der Waals surface area contributed by atoms with Crippen molar-refractivity contribution < 1.29 is 9.59 Å². The second kappa shape index (κ2) is 6.29. The molecule has 1 N–H and O–H groups in total. The molecule has 0 saturated carbocycles. The van der Waals surface area contributed by atoms with E-state index in [1.54, 1.807) is 43.0 Å². The van der Waals surface area contributed by atoms with Crippen LogP contribution in [0.15, 0.2) is 48.5 Å². The predicted molar refractivity (Wildman–Crippen MR) is 96.4 cm³/mol. The average Bonchev–Trinajstić information content (AvgIpc) is 3.00. The van der Waals surface area contributed by atoms with E-state index in [2.05, 4.69) is 5.32 Å². The number of nitrogens with zero attached hydrogens (tertiary/aromatic N) is 1. The highest BCUT2D eigenvalue weighted by Crippen LogP contribution is 2.33.